The zero-order valence-corrected chi connectivity index (χ0v) is 12.2. The molecule has 0 saturated carbocycles. The monoisotopic (exact) mass is 268 g/mol. The summed E-state index contributed by atoms with van der Waals surface area (Å²) in [5, 5.41) is 6.15. The Morgan fingerprint density at radius 1 is 1.05 bits per heavy atom. The van der Waals surface area contributed by atoms with Gasteiger partial charge in [0.1, 0.15) is 0 Å². The molecule has 0 saturated heterocycles. The van der Waals surface area contributed by atoms with Crippen molar-refractivity contribution >= 4 is 17.3 Å². The number of anilines is 2. The first kappa shape index (κ1) is 14.1. The Hall–Kier alpha value is -2.29. The van der Waals surface area contributed by atoms with Crippen LogP contribution >= 0.6 is 0 Å². The number of amides is 1. The highest BCUT2D eigenvalue weighted by Crippen LogP contribution is 2.17. The summed E-state index contributed by atoms with van der Waals surface area (Å²) in [6, 6.07) is 13.5. The Morgan fingerprint density at radius 3 is 2.35 bits per heavy atom. The van der Waals surface area contributed by atoms with Crippen molar-refractivity contribution in [1.82, 2.24) is 0 Å². The van der Waals surface area contributed by atoms with Crippen LogP contribution in [0, 0.1) is 13.8 Å². The van der Waals surface area contributed by atoms with E-state index >= 15 is 0 Å². The second-order valence-electron chi connectivity index (χ2n) is 4.88. The standard InChI is InChI=1S/C17H20N2O/c1-4-18-15-8-6-14(7-9-15)17(20)19-16-10-5-12(2)11-13(16)3/h5-11,18H,4H2,1-3H3,(H,19,20). The van der Waals surface area contributed by atoms with Crippen molar-refractivity contribution in [1.29, 1.82) is 0 Å². The summed E-state index contributed by atoms with van der Waals surface area (Å²) < 4.78 is 0. The predicted molar refractivity (Wildman–Crippen MR) is 84.5 cm³/mol. The molecule has 2 aromatic carbocycles. The van der Waals surface area contributed by atoms with Crippen molar-refractivity contribution in [3.05, 3.63) is 59.2 Å². The number of rotatable bonds is 4. The van der Waals surface area contributed by atoms with Crippen LogP contribution in [0.15, 0.2) is 42.5 Å². The summed E-state index contributed by atoms with van der Waals surface area (Å²) in [4.78, 5) is 12.2. The van der Waals surface area contributed by atoms with Crippen LogP contribution in [0.3, 0.4) is 0 Å². The van der Waals surface area contributed by atoms with E-state index in [2.05, 4.69) is 16.7 Å². The Morgan fingerprint density at radius 2 is 1.75 bits per heavy atom. The van der Waals surface area contributed by atoms with E-state index in [4.69, 9.17) is 0 Å². The average molecular weight is 268 g/mol. The second-order valence-corrected chi connectivity index (χ2v) is 4.88. The molecule has 2 aromatic rings. The molecule has 0 fully saturated rings. The van der Waals surface area contributed by atoms with Gasteiger partial charge in [-0.15, -0.1) is 0 Å². The molecule has 0 aliphatic carbocycles. The van der Waals surface area contributed by atoms with E-state index in [1.165, 1.54) is 5.56 Å². The first-order valence-corrected chi connectivity index (χ1v) is 6.82. The van der Waals surface area contributed by atoms with Gasteiger partial charge in [0.15, 0.2) is 0 Å². The molecule has 0 heterocycles. The van der Waals surface area contributed by atoms with Gasteiger partial charge in [0.2, 0.25) is 0 Å². The first-order chi connectivity index (χ1) is 9.60. The maximum absolute atomic E-state index is 12.2. The van der Waals surface area contributed by atoms with E-state index in [1.54, 1.807) is 0 Å². The SMILES string of the molecule is CCNc1ccc(C(=O)Nc2ccc(C)cc2C)cc1. The zero-order chi connectivity index (χ0) is 14.5. The van der Waals surface area contributed by atoms with Gasteiger partial charge in [-0.25, -0.2) is 0 Å². The summed E-state index contributed by atoms with van der Waals surface area (Å²) in [5.41, 5.74) is 4.80. The minimum atomic E-state index is -0.0833. The lowest BCUT2D eigenvalue weighted by molar-refractivity contribution is 0.102. The third-order valence-electron chi connectivity index (χ3n) is 3.16. The lowest BCUT2D eigenvalue weighted by Gasteiger charge is -2.10. The summed E-state index contributed by atoms with van der Waals surface area (Å²) in [5.74, 6) is -0.0833. The van der Waals surface area contributed by atoms with Crippen LogP contribution in [0.1, 0.15) is 28.4 Å². The van der Waals surface area contributed by atoms with Gasteiger partial charge in [0, 0.05) is 23.5 Å². The largest absolute Gasteiger partial charge is 0.385 e. The molecular formula is C17H20N2O. The van der Waals surface area contributed by atoms with E-state index < -0.39 is 0 Å². The number of hydrogen-bond donors (Lipinski definition) is 2. The van der Waals surface area contributed by atoms with E-state index in [1.807, 2.05) is 57.2 Å². The van der Waals surface area contributed by atoms with Crippen LogP contribution in [-0.4, -0.2) is 12.5 Å². The van der Waals surface area contributed by atoms with Crippen LogP contribution in [-0.2, 0) is 0 Å². The van der Waals surface area contributed by atoms with Gasteiger partial charge in [0.25, 0.3) is 5.91 Å². The molecule has 3 nitrogen and oxygen atoms in total. The third-order valence-corrected chi connectivity index (χ3v) is 3.16. The summed E-state index contributed by atoms with van der Waals surface area (Å²) in [7, 11) is 0. The molecule has 0 spiro atoms. The highest BCUT2D eigenvalue weighted by molar-refractivity contribution is 6.04. The number of nitrogens with one attached hydrogen (secondary N) is 2. The highest BCUT2D eigenvalue weighted by atomic mass is 16.1. The van der Waals surface area contributed by atoms with Crippen LogP contribution in [0.4, 0.5) is 11.4 Å². The smallest absolute Gasteiger partial charge is 0.255 e. The lowest BCUT2D eigenvalue weighted by Crippen LogP contribution is -2.12. The molecule has 0 aliphatic heterocycles. The summed E-state index contributed by atoms with van der Waals surface area (Å²) in [6.07, 6.45) is 0. The van der Waals surface area contributed by atoms with Crippen LogP contribution < -0.4 is 10.6 Å². The van der Waals surface area contributed by atoms with Gasteiger partial charge < -0.3 is 10.6 Å². The van der Waals surface area contributed by atoms with E-state index in [9.17, 15) is 4.79 Å². The van der Waals surface area contributed by atoms with Crippen LogP contribution in [0.2, 0.25) is 0 Å². The van der Waals surface area contributed by atoms with Crippen molar-refractivity contribution in [2.75, 3.05) is 17.2 Å². The van der Waals surface area contributed by atoms with E-state index in [-0.39, 0.29) is 5.91 Å². The topological polar surface area (TPSA) is 41.1 Å². The lowest BCUT2D eigenvalue weighted by atomic mass is 10.1. The third kappa shape index (κ3) is 3.38. The average Bonchev–Trinajstić information content (AvgIpc) is 2.43. The van der Waals surface area contributed by atoms with Crippen LogP contribution in [0.5, 0.6) is 0 Å². The minimum Gasteiger partial charge on any atom is -0.385 e. The maximum Gasteiger partial charge on any atom is 0.255 e. The molecule has 0 aliphatic rings. The summed E-state index contributed by atoms with van der Waals surface area (Å²) >= 11 is 0. The van der Waals surface area contributed by atoms with Gasteiger partial charge in [-0.05, 0) is 56.7 Å². The van der Waals surface area contributed by atoms with Crippen molar-refractivity contribution < 1.29 is 4.79 Å². The quantitative estimate of drug-likeness (QED) is 0.880. The maximum atomic E-state index is 12.2. The van der Waals surface area contributed by atoms with Crippen molar-refractivity contribution in [2.45, 2.75) is 20.8 Å². The van der Waals surface area contributed by atoms with E-state index in [0.29, 0.717) is 5.56 Å². The zero-order valence-electron chi connectivity index (χ0n) is 12.2. The van der Waals surface area contributed by atoms with E-state index in [0.717, 1.165) is 23.5 Å². The predicted octanol–water partition coefficient (Wildman–Crippen LogP) is 3.99. The molecule has 20 heavy (non-hydrogen) atoms. The Balaban J connectivity index is 2.11. The molecule has 2 rings (SSSR count). The van der Waals surface area contributed by atoms with Crippen LogP contribution in [0.25, 0.3) is 0 Å². The normalized spacial score (nSPS) is 10.2. The van der Waals surface area contributed by atoms with Gasteiger partial charge in [-0.3, -0.25) is 4.79 Å². The van der Waals surface area contributed by atoms with Gasteiger partial charge in [-0.2, -0.15) is 0 Å². The highest BCUT2D eigenvalue weighted by Gasteiger charge is 2.07. The van der Waals surface area contributed by atoms with Gasteiger partial charge in [-0.1, -0.05) is 17.7 Å². The van der Waals surface area contributed by atoms with Crippen molar-refractivity contribution in [3.8, 4) is 0 Å². The Bertz CT molecular complexity index is 603. The number of carbonyl (C=O) groups excluding carboxylic acids is 1. The van der Waals surface area contributed by atoms with Gasteiger partial charge >= 0.3 is 0 Å². The number of benzene rings is 2. The minimum absolute atomic E-state index is 0.0833. The molecule has 3 heteroatoms. The Kier molecular flexibility index (Phi) is 4.41. The molecule has 0 aromatic heterocycles. The molecule has 104 valence electrons. The molecule has 0 bridgehead atoms. The molecule has 0 radical (unpaired) electrons. The molecule has 0 atom stereocenters. The first-order valence-electron chi connectivity index (χ1n) is 6.82. The molecular weight excluding hydrogens is 248 g/mol. The van der Waals surface area contributed by atoms with Crippen molar-refractivity contribution in [3.63, 3.8) is 0 Å². The van der Waals surface area contributed by atoms with Crippen molar-refractivity contribution in [2.24, 2.45) is 0 Å². The molecule has 2 N–H and O–H groups in total. The number of hydrogen-bond acceptors (Lipinski definition) is 2. The number of carbonyl (C=O) groups is 1. The number of aryl methyl sites for hydroxylation is 2. The fourth-order valence-electron chi connectivity index (χ4n) is 2.09. The molecule has 0 unspecified atom stereocenters. The second kappa shape index (κ2) is 6.24. The molecule has 1 amide bonds. The van der Waals surface area contributed by atoms with Gasteiger partial charge in [0.05, 0.1) is 0 Å². The fraction of sp³-hybridized carbons (Fsp3) is 0.235. The fourth-order valence-corrected chi connectivity index (χ4v) is 2.09. The summed E-state index contributed by atoms with van der Waals surface area (Å²) in [6.45, 7) is 6.95. The Labute approximate surface area is 120 Å².